The van der Waals surface area contributed by atoms with Crippen LogP contribution in [0.5, 0.6) is 0 Å². The molecule has 0 fully saturated rings. The predicted octanol–water partition coefficient (Wildman–Crippen LogP) is 5.32. The molecule has 0 aliphatic heterocycles. The number of pyridine rings is 1. The van der Waals surface area contributed by atoms with Crippen LogP contribution in [0.4, 0.5) is 5.82 Å². The summed E-state index contributed by atoms with van der Waals surface area (Å²) >= 11 is 3.45. The molecule has 4 aromatic rings. The monoisotopic (exact) mass is 422 g/mol. The first-order valence-electron chi connectivity index (χ1n) is 8.76. The SMILES string of the molecule is Cc1nc(NCCc2cncc(Br)c2)cc(-c2ccc3occ(C)c3c2)n1. The molecule has 6 heteroatoms. The summed E-state index contributed by atoms with van der Waals surface area (Å²) in [7, 11) is 0. The highest BCUT2D eigenvalue weighted by Crippen LogP contribution is 2.27. The summed E-state index contributed by atoms with van der Waals surface area (Å²) in [6, 6.07) is 10.2. The van der Waals surface area contributed by atoms with Crippen molar-refractivity contribution in [2.75, 3.05) is 11.9 Å². The number of rotatable bonds is 5. The van der Waals surface area contributed by atoms with Gasteiger partial charge in [0.05, 0.1) is 12.0 Å². The fourth-order valence-corrected chi connectivity index (χ4v) is 3.46. The van der Waals surface area contributed by atoms with E-state index in [2.05, 4.69) is 48.3 Å². The molecule has 0 aliphatic carbocycles. The Hall–Kier alpha value is -2.73. The Morgan fingerprint density at radius 3 is 2.81 bits per heavy atom. The maximum atomic E-state index is 5.54. The molecular formula is C21H19BrN4O. The molecule has 3 heterocycles. The smallest absolute Gasteiger partial charge is 0.134 e. The highest BCUT2D eigenvalue weighted by Gasteiger charge is 2.08. The van der Waals surface area contributed by atoms with E-state index >= 15 is 0 Å². The number of fused-ring (bicyclic) bond motifs is 1. The van der Waals surface area contributed by atoms with Crippen LogP contribution in [0, 0.1) is 13.8 Å². The van der Waals surface area contributed by atoms with Gasteiger partial charge >= 0.3 is 0 Å². The number of hydrogen-bond donors (Lipinski definition) is 1. The first-order valence-corrected chi connectivity index (χ1v) is 9.55. The zero-order chi connectivity index (χ0) is 18.8. The molecule has 27 heavy (non-hydrogen) atoms. The summed E-state index contributed by atoms with van der Waals surface area (Å²) in [5.41, 5.74) is 5.14. The number of nitrogens with zero attached hydrogens (tertiary/aromatic N) is 3. The molecule has 1 N–H and O–H groups in total. The van der Waals surface area contributed by atoms with Crippen LogP contribution in [-0.2, 0) is 6.42 Å². The molecule has 0 unspecified atom stereocenters. The van der Waals surface area contributed by atoms with Crippen molar-refractivity contribution < 1.29 is 4.42 Å². The van der Waals surface area contributed by atoms with Crippen LogP contribution >= 0.6 is 15.9 Å². The van der Waals surface area contributed by atoms with Gasteiger partial charge in [-0.25, -0.2) is 9.97 Å². The zero-order valence-corrected chi connectivity index (χ0v) is 16.7. The Bertz CT molecular complexity index is 1110. The second-order valence-corrected chi connectivity index (χ2v) is 7.42. The number of hydrogen-bond acceptors (Lipinski definition) is 5. The van der Waals surface area contributed by atoms with E-state index in [1.807, 2.05) is 38.2 Å². The molecule has 1 aromatic carbocycles. The standard InChI is InChI=1S/C21H19BrN4O/c1-13-12-27-20-4-3-16(8-18(13)20)19-9-21(26-14(2)25-19)24-6-5-15-7-17(22)11-23-10-15/h3-4,7-12H,5-6H2,1-2H3,(H,24,25,26). The fourth-order valence-electron chi connectivity index (χ4n) is 3.05. The van der Waals surface area contributed by atoms with E-state index in [0.29, 0.717) is 0 Å². The van der Waals surface area contributed by atoms with Crippen molar-refractivity contribution in [2.24, 2.45) is 0 Å². The minimum absolute atomic E-state index is 0.739. The van der Waals surface area contributed by atoms with Crippen LogP contribution in [0.1, 0.15) is 17.0 Å². The normalized spacial score (nSPS) is 11.1. The number of aromatic nitrogens is 3. The van der Waals surface area contributed by atoms with Crippen molar-refractivity contribution in [1.29, 1.82) is 0 Å². The molecule has 0 saturated heterocycles. The minimum Gasteiger partial charge on any atom is -0.464 e. The Morgan fingerprint density at radius 1 is 1.07 bits per heavy atom. The van der Waals surface area contributed by atoms with Crippen molar-refractivity contribution in [3.63, 3.8) is 0 Å². The molecule has 0 amide bonds. The molecule has 0 atom stereocenters. The van der Waals surface area contributed by atoms with Gasteiger partial charge in [-0.05, 0) is 71.6 Å². The quantitative estimate of drug-likeness (QED) is 0.471. The molecule has 136 valence electrons. The van der Waals surface area contributed by atoms with Crippen molar-refractivity contribution in [2.45, 2.75) is 20.3 Å². The molecule has 0 aliphatic rings. The Balaban J connectivity index is 1.54. The number of benzene rings is 1. The molecule has 5 nitrogen and oxygen atoms in total. The van der Waals surface area contributed by atoms with E-state index in [9.17, 15) is 0 Å². The average Bonchev–Trinajstić information content (AvgIpc) is 3.02. The van der Waals surface area contributed by atoms with Gasteiger partial charge in [0, 0.05) is 40.4 Å². The van der Waals surface area contributed by atoms with Gasteiger partial charge in [0.1, 0.15) is 17.2 Å². The van der Waals surface area contributed by atoms with Gasteiger partial charge in [0.15, 0.2) is 0 Å². The van der Waals surface area contributed by atoms with Gasteiger partial charge in [-0.1, -0.05) is 0 Å². The first kappa shape index (κ1) is 17.7. The van der Waals surface area contributed by atoms with E-state index in [1.54, 1.807) is 12.5 Å². The van der Waals surface area contributed by atoms with Gasteiger partial charge in [-0.2, -0.15) is 0 Å². The summed E-state index contributed by atoms with van der Waals surface area (Å²) in [6.45, 7) is 4.73. The lowest BCUT2D eigenvalue weighted by Gasteiger charge is -2.09. The Morgan fingerprint density at radius 2 is 1.96 bits per heavy atom. The maximum absolute atomic E-state index is 5.54. The summed E-state index contributed by atoms with van der Waals surface area (Å²) < 4.78 is 6.53. The fraction of sp³-hybridized carbons (Fsp3) is 0.190. The highest BCUT2D eigenvalue weighted by atomic mass is 79.9. The number of halogens is 1. The van der Waals surface area contributed by atoms with Crippen LogP contribution < -0.4 is 5.32 Å². The minimum atomic E-state index is 0.739. The zero-order valence-electron chi connectivity index (χ0n) is 15.2. The first-order chi connectivity index (χ1) is 13.1. The molecule has 0 saturated carbocycles. The van der Waals surface area contributed by atoms with Crippen LogP contribution in [0.25, 0.3) is 22.2 Å². The van der Waals surface area contributed by atoms with Gasteiger partial charge in [-0.3, -0.25) is 4.98 Å². The summed E-state index contributed by atoms with van der Waals surface area (Å²) in [6.07, 6.45) is 6.32. The highest BCUT2D eigenvalue weighted by molar-refractivity contribution is 9.10. The van der Waals surface area contributed by atoms with E-state index in [4.69, 9.17) is 4.42 Å². The number of aryl methyl sites for hydroxylation is 2. The molecular weight excluding hydrogens is 404 g/mol. The summed E-state index contributed by atoms with van der Waals surface area (Å²) in [5.74, 6) is 1.56. The van der Waals surface area contributed by atoms with Crippen LogP contribution in [0.15, 0.2) is 57.9 Å². The molecule has 4 rings (SSSR count). The predicted molar refractivity (Wildman–Crippen MR) is 111 cm³/mol. The van der Waals surface area contributed by atoms with Crippen molar-refractivity contribution in [3.05, 3.63) is 70.4 Å². The van der Waals surface area contributed by atoms with Gasteiger partial charge < -0.3 is 9.73 Å². The number of furan rings is 1. The molecule has 0 radical (unpaired) electrons. The molecule has 3 aromatic heterocycles. The third kappa shape index (κ3) is 4.01. The number of anilines is 1. The largest absolute Gasteiger partial charge is 0.464 e. The molecule has 0 bridgehead atoms. The topological polar surface area (TPSA) is 63.8 Å². The van der Waals surface area contributed by atoms with Gasteiger partial charge in [0.2, 0.25) is 0 Å². The van der Waals surface area contributed by atoms with E-state index in [0.717, 1.165) is 56.9 Å². The summed E-state index contributed by atoms with van der Waals surface area (Å²) in [5, 5.41) is 4.51. The second-order valence-electron chi connectivity index (χ2n) is 6.50. The maximum Gasteiger partial charge on any atom is 0.134 e. The van der Waals surface area contributed by atoms with E-state index < -0.39 is 0 Å². The lowest BCUT2D eigenvalue weighted by molar-refractivity contribution is 0.613. The van der Waals surface area contributed by atoms with Gasteiger partial charge in [0.25, 0.3) is 0 Å². The summed E-state index contributed by atoms with van der Waals surface area (Å²) in [4.78, 5) is 13.3. The Kier molecular flexibility index (Phi) is 4.90. The average molecular weight is 423 g/mol. The van der Waals surface area contributed by atoms with Crippen LogP contribution in [0.2, 0.25) is 0 Å². The molecule has 0 spiro atoms. The lowest BCUT2D eigenvalue weighted by atomic mass is 10.1. The van der Waals surface area contributed by atoms with Gasteiger partial charge in [-0.15, -0.1) is 0 Å². The van der Waals surface area contributed by atoms with Crippen molar-refractivity contribution >= 4 is 32.7 Å². The van der Waals surface area contributed by atoms with E-state index in [-0.39, 0.29) is 0 Å². The number of nitrogens with one attached hydrogen (secondary N) is 1. The van der Waals surface area contributed by atoms with Crippen LogP contribution in [0.3, 0.4) is 0 Å². The van der Waals surface area contributed by atoms with Crippen LogP contribution in [-0.4, -0.2) is 21.5 Å². The van der Waals surface area contributed by atoms with Crippen molar-refractivity contribution in [3.8, 4) is 11.3 Å². The third-order valence-corrected chi connectivity index (χ3v) is 4.82. The second kappa shape index (κ2) is 7.48. The third-order valence-electron chi connectivity index (χ3n) is 4.38. The Labute approximate surface area is 166 Å². The lowest BCUT2D eigenvalue weighted by Crippen LogP contribution is -2.08. The van der Waals surface area contributed by atoms with Crippen molar-refractivity contribution in [1.82, 2.24) is 15.0 Å². The van der Waals surface area contributed by atoms with E-state index in [1.165, 1.54) is 5.56 Å².